The van der Waals surface area contributed by atoms with E-state index in [1.807, 2.05) is 56.3 Å². The van der Waals surface area contributed by atoms with Crippen LogP contribution in [0.3, 0.4) is 0 Å². The van der Waals surface area contributed by atoms with Crippen LogP contribution in [0.5, 0.6) is 0 Å². The summed E-state index contributed by atoms with van der Waals surface area (Å²) in [4.78, 5) is 39.0. The van der Waals surface area contributed by atoms with Gasteiger partial charge in [-0.2, -0.15) is 0 Å². The molecule has 3 N–H and O–H groups in total. The monoisotopic (exact) mass is 438 g/mol. The number of aryl methyl sites for hydroxylation is 1. The first-order chi connectivity index (χ1) is 14.9. The second-order valence-corrected chi connectivity index (χ2v) is 9.41. The minimum absolute atomic E-state index is 0.0619. The Morgan fingerprint density at radius 1 is 1.10 bits per heavy atom. The quantitative estimate of drug-likeness (QED) is 0.569. The van der Waals surface area contributed by atoms with E-state index in [0.29, 0.717) is 30.0 Å². The molecule has 1 aromatic carbocycles. The van der Waals surface area contributed by atoms with Crippen molar-refractivity contribution < 1.29 is 19.5 Å². The molecule has 162 valence electrons. The van der Waals surface area contributed by atoms with Gasteiger partial charge in [-0.1, -0.05) is 49.4 Å². The molecule has 0 spiro atoms. The third kappa shape index (κ3) is 4.02. The molecule has 4 rings (SSSR count). The van der Waals surface area contributed by atoms with Crippen LogP contribution in [-0.2, 0) is 22.6 Å². The molecule has 0 aliphatic heterocycles. The average Bonchev–Trinajstić information content (AvgIpc) is 3.45. The lowest BCUT2D eigenvalue weighted by molar-refractivity contribution is -0.146. The van der Waals surface area contributed by atoms with Crippen LogP contribution in [0.1, 0.15) is 39.7 Å². The summed E-state index contributed by atoms with van der Waals surface area (Å²) >= 11 is 1.37. The van der Waals surface area contributed by atoms with Gasteiger partial charge in [0.1, 0.15) is 5.00 Å². The first kappa shape index (κ1) is 21.3. The number of fused-ring (bicyclic) bond motifs is 2. The van der Waals surface area contributed by atoms with Crippen LogP contribution in [0.25, 0.3) is 0 Å². The highest BCUT2D eigenvalue weighted by Gasteiger charge is 2.51. The molecule has 2 aliphatic carbocycles. The van der Waals surface area contributed by atoms with E-state index in [0.717, 1.165) is 16.0 Å². The van der Waals surface area contributed by atoms with Gasteiger partial charge in [0, 0.05) is 11.4 Å². The summed E-state index contributed by atoms with van der Waals surface area (Å²) in [5.41, 5.74) is 2.39. The van der Waals surface area contributed by atoms with Gasteiger partial charge < -0.3 is 15.7 Å². The zero-order valence-corrected chi connectivity index (χ0v) is 18.4. The number of rotatable bonds is 7. The molecular weight excluding hydrogens is 412 g/mol. The lowest BCUT2D eigenvalue weighted by Crippen LogP contribution is -2.36. The minimum atomic E-state index is -0.936. The number of aliphatic carboxylic acids is 1. The molecular formula is C24H26N2O4S. The van der Waals surface area contributed by atoms with Crippen LogP contribution in [0.15, 0.2) is 42.5 Å². The summed E-state index contributed by atoms with van der Waals surface area (Å²) in [5.74, 6) is -2.96. The lowest BCUT2D eigenvalue weighted by Gasteiger charge is -2.23. The van der Waals surface area contributed by atoms with Crippen LogP contribution in [0, 0.1) is 30.6 Å². The molecule has 2 bridgehead atoms. The van der Waals surface area contributed by atoms with Gasteiger partial charge in [-0.15, -0.1) is 11.3 Å². The lowest BCUT2D eigenvalue weighted by atomic mass is 9.82. The van der Waals surface area contributed by atoms with E-state index < -0.39 is 17.8 Å². The van der Waals surface area contributed by atoms with Crippen LogP contribution in [-0.4, -0.2) is 22.9 Å². The van der Waals surface area contributed by atoms with Gasteiger partial charge in [0.25, 0.3) is 5.91 Å². The van der Waals surface area contributed by atoms with E-state index in [9.17, 15) is 19.5 Å². The maximum atomic E-state index is 13.1. The van der Waals surface area contributed by atoms with Gasteiger partial charge in [0.2, 0.25) is 5.91 Å². The van der Waals surface area contributed by atoms with E-state index in [1.165, 1.54) is 11.3 Å². The fraction of sp³-hybridized carbons (Fsp3) is 0.375. The molecule has 1 heterocycles. The van der Waals surface area contributed by atoms with Gasteiger partial charge >= 0.3 is 5.97 Å². The molecule has 0 unspecified atom stereocenters. The first-order valence-corrected chi connectivity index (χ1v) is 11.4. The standard InChI is InChI=1S/C24H26N2O4S/c1-3-17-13(2)31-23(20(17)21(27)25-12-14-7-5-4-6-8-14)26-22(28)18-15-9-10-16(11-15)19(18)24(29)30/h4-10,15-16,18-19H,3,11-12H2,1-2H3,(H,25,27)(H,26,28)(H,29,30)/t15-,16-,18+,19+/m0/s1. The Hall–Kier alpha value is -2.93. The van der Waals surface area contributed by atoms with E-state index in [4.69, 9.17) is 0 Å². The van der Waals surface area contributed by atoms with Gasteiger partial charge in [-0.05, 0) is 42.7 Å². The van der Waals surface area contributed by atoms with Crippen LogP contribution < -0.4 is 10.6 Å². The van der Waals surface area contributed by atoms with Gasteiger partial charge in [-0.3, -0.25) is 14.4 Å². The highest BCUT2D eigenvalue weighted by atomic mass is 32.1. The SMILES string of the molecule is CCc1c(C)sc(NC(=O)[C@H]2[C@H](C(=O)O)[C@H]3C=C[C@H]2C3)c1C(=O)NCc1ccccc1. The van der Waals surface area contributed by atoms with E-state index in [-0.39, 0.29) is 23.7 Å². The summed E-state index contributed by atoms with van der Waals surface area (Å²) in [7, 11) is 0. The summed E-state index contributed by atoms with van der Waals surface area (Å²) < 4.78 is 0. The molecule has 1 aromatic heterocycles. The fourth-order valence-electron chi connectivity index (χ4n) is 4.91. The molecule has 1 fully saturated rings. The number of thiophene rings is 1. The number of benzene rings is 1. The van der Waals surface area contributed by atoms with Crippen molar-refractivity contribution in [2.75, 3.05) is 5.32 Å². The Kier molecular flexibility index (Phi) is 5.96. The van der Waals surface area contributed by atoms with Crippen molar-refractivity contribution in [3.63, 3.8) is 0 Å². The topological polar surface area (TPSA) is 95.5 Å². The smallest absolute Gasteiger partial charge is 0.307 e. The Morgan fingerprint density at radius 2 is 1.77 bits per heavy atom. The number of carbonyl (C=O) groups excluding carboxylic acids is 2. The van der Waals surface area contributed by atoms with Crippen molar-refractivity contribution in [1.29, 1.82) is 0 Å². The Balaban J connectivity index is 1.56. The molecule has 2 amide bonds. The fourth-order valence-corrected chi connectivity index (χ4v) is 6.06. The second-order valence-electron chi connectivity index (χ2n) is 8.19. The second kappa shape index (κ2) is 8.67. The molecule has 4 atom stereocenters. The molecule has 31 heavy (non-hydrogen) atoms. The van der Waals surface area contributed by atoms with Crippen molar-refractivity contribution in [2.24, 2.45) is 23.7 Å². The summed E-state index contributed by atoms with van der Waals surface area (Å²) in [6, 6.07) is 9.64. The molecule has 0 radical (unpaired) electrons. The normalized spacial score (nSPS) is 23.7. The summed E-state index contributed by atoms with van der Waals surface area (Å²) in [6.45, 7) is 4.31. The van der Waals surface area contributed by atoms with Gasteiger partial charge in [-0.25, -0.2) is 0 Å². The maximum absolute atomic E-state index is 13.1. The van der Waals surface area contributed by atoms with Crippen molar-refractivity contribution >= 4 is 34.1 Å². The minimum Gasteiger partial charge on any atom is -0.481 e. The van der Waals surface area contributed by atoms with Crippen LogP contribution in [0.2, 0.25) is 0 Å². The maximum Gasteiger partial charge on any atom is 0.307 e. The highest BCUT2D eigenvalue weighted by molar-refractivity contribution is 7.16. The highest BCUT2D eigenvalue weighted by Crippen LogP contribution is 2.48. The zero-order valence-electron chi connectivity index (χ0n) is 17.6. The van der Waals surface area contributed by atoms with Gasteiger partial charge in [0.15, 0.2) is 0 Å². The number of nitrogens with one attached hydrogen (secondary N) is 2. The van der Waals surface area contributed by atoms with Crippen molar-refractivity contribution in [3.8, 4) is 0 Å². The molecule has 2 aromatic rings. The number of hydrogen-bond acceptors (Lipinski definition) is 4. The molecule has 7 heteroatoms. The van der Waals surface area contributed by atoms with Gasteiger partial charge in [0.05, 0.1) is 17.4 Å². The van der Waals surface area contributed by atoms with E-state index in [2.05, 4.69) is 10.6 Å². The molecule has 6 nitrogen and oxygen atoms in total. The Labute approximate surface area is 185 Å². The number of anilines is 1. The first-order valence-electron chi connectivity index (χ1n) is 10.6. The molecule has 2 aliphatic rings. The summed E-state index contributed by atoms with van der Waals surface area (Å²) in [6.07, 6.45) is 5.24. The largest absolute Gasteiger partial charge is 0.481 e. The zero-order chi connectivity index (χ0) is 22.1. The Morgan fingerprint density at radius 3 is 2.42 bits per heavy atom. The predicted octanol–water partition coefficient (Wildman–Crippen LogP) is 4.01. The number of carbonyl (C=O) groups is 3. The third-order valence-electron chi connectivity index (χ3n) is 6.37. The number of hydrogen-bond donors (Lipinski definition) is 3. The van der Waals surface area contributed by atoms with Crippen molar-refractivity contribution in [1.82, 2.24) is 5.32 Å². The van der Waals surface area contributed by atoms with E-state index >= 15 is 0 Å². The number of allylic oxidation sites excluding steroid dienone is 2. The molecule has 0 saturated heterocycles. The van der Waals surface area contributed by atoms with Crippen LogP contribution >= 0.6 is 11.3 Å². The third-order valence-corrected chi connectivity index (χ3v) is 7.43. The van der Waals surface area contributed by atoms with Crippen LogP contribution in [0.4, 0.5) is 5.00 Å². The molecule has 1 saturated carbocycles. The predicted molar refractivity (Wildman–Crippen MR) is 120 cm³/mol. The number of carboxylic acid groups (broad SMARTS) is 1. The number of carboxylic acids is 1. The average molecular weight is 439 g/mol. The summed E-state index contributed by atoms with van der Waals surface area (Å²) in [5, 5.41) is 16.0. The van der Waals surface area contributed by atoms with Crippen molar-refractivity contribution in [2.45, 2.75) is 33.2 Å². The Bertz CT molecular complexity index is 1040. The van der Waals surface area contributed by atoms with E-state index in [1.54, 1.807) is 0 Å². The number of amides is 2. The van der Waals surface area contributed by atoms with Crippen molar-refractivity contribution in [3.05, 3.63) is 64.1 Å².